The third-order valence-corrected chi connectivity index (χ3v) is 4.36. The second-order valence-electron chi connectivity index (χ2n) is 3.11. The fraction of sp³-hybridized carbons (Fsp3) is 1.00. The van der Waals surface area contributed by atoms with Gasteiger partial charge in [-0.25, -0.2) is 0 Å². The fourth-order valence-corrected chi connectivity index (χ4v) is 3.43. The Morgan fingerprint density at radius 3 is 1.60 bits per heavy atom. The zero-order valence-electron chi connectivity index (χ0n) is 7.81. The molecule has 0 aliphatic carbocycles. The Hall–Kier alpha value is 0.390. The average Bonchev–Trinajstić information content (AvgIpc) is 1.81. The van der Waals surface area contributed by atoms with Gasteiger partial charge in [0, 0.05) is 0 Å². The van der Waals surface area contributed by atoms with E-state index < -0.39 is 0 Å². The molecule has 0 radical (unpaired) electrons. The van der Waals surface area contributed by atoms with Gasteiger partial charge in [-0.1, -0.05) is 34.6 Å². The van der Waals surface area contributed by atoms with Crippen molar-refractivity contribution < 1.29 is 0 Å². The van der Waals surface area contributed by atoms with Crippen molar-refractivity contribution >= 4 is 8.07 Å². The van der Waals surface area contributed by atoms with Crippen LogP contribution in [-0.4, -0.2) is 17.9 Å². The van der Waals surface area contributed by atoms with Crippen LogP contribution in [-0.2, 0) is 0 Å². The molecule has 0 aromatic rings. The van der Waals surface area contributed by atoms with E-state index in [9.17, 15) is 0 Å². The van der Waals surface area contributed by atoms with Crippen LogP contribution in [0.5, 0.6) is 0 Å². The summed E-state index contributed by atoms with van der Waals surface area (Å²) in [7, 11) is 0.0712. The van der Waals surface area contributed by atoms with E-state index in [1.54, 1.807) is 0 Å². The van der Waals surface area contributed by atoms with Crippen LogP contribution in [0.15, 0.2) is 0 Å². The quantitative estimate of drug-likeness (QED) is 0.625. The van der Waals surface area contributed by atoms with Crippen LogP contribution in [0.2, 0.25) is 0 Å². The van der Waals surface area contributed by atoms with Gasteiger partial charge in [-0.2, -0.15) is 0 Å². The molecule has 0 fully saturated rings. The van der Waals surface area contributed by atoms with E-state index in [-0.39, 0.29) is 8.07 Å². The molecule has 0 rings (SSSR count). The van der Waals surface area contributed by atoms with Crippen molar-refractivity contribution in [2.45, 2.75) is 45.9 Å². The van der Waals surface area contributed by atoms with E-state index in [0.717, 1.165) is 17.9 Å². The summed E-state index contributed by atoms with van der Waals surface area (Å²) in [5.41, 5.74) is 1.63. The van der Waals surface area contributed by atoms with Crippen molar-refractivity contribution in [2.75, 3.05) is 6.54 Å². The normalized spacial score (nSPS) is 12.0. The first kappa shape index (κ1) is 10.4. The molecule has 1 N–H and O–H groups in total. The van der Waals surface area contributed by atoms with E-state index in [1.807, 2.05) is 0 Å². The van der Waals surface area contributed by atoms with Gasteiger partial charge in [-0.3, -0.25) is 5.09 Å². The van der Waals surface area contributed by atoms with Gasteiger partial charge in [0.2, 0.25) is 0 Å². The Labute approximate surface area is 66.4 Å². The first-order valence-corrected chi connectivity index (χ1v) is 5.59. The van der Waals surface area contributed by atoms with E-state index in [4.69, 9.17) is 0 Å². The summed E-state index contributed by atoms with van der Waals surface area (Å²) in [6.45, 7) is 12.5. The molecule has 0 aliphatic rings. The molecule has 2 heteroatoms. The molecule has 10 heavy (non-hydrogen) atoms. The maximum Gasteiger partial charge on any atom is -0.00383 e. The summed E-state index contributed by atoms with van der Waals surface area (Å²) in [5, 5.41) is 3.55. The van der Waals surface area contributed by atoms with Crippen LogP contribution in [0.1, 0.15) is 34.6 Å². The van der Waals surface area contributed by atoms with Crippen LogP contribution in [0.4, 0.5) is 0 Å². The Bertz CT molecular complexity index is 73.3. The maximum absolute atomic E-state index is 3.55. The third-order valence-electron chi connectivity index (χ3n) is 1.45. The van der Waals surface area contributed by atoms with Gasteiger partial charge in [0.1, 0.15) is 0 Å². The Morgan fingerprint density at radius 1 is 1.10 bits per heavy atom. The van der Waals surface area contributed by atoms with Crippen LogP contribution in [0, 0.1) is 0 Å². The molecule has 0 unspecified atom stereocenters. The average molecular weight is 161 g/mol. The molecular weight excluding hydrogens is 141 g/mol. The second-order valence-corrected chi connectivity index (χ2v) is 6.30. The van der Waals surface area contributed by atoms with Crippen molar-refractivity contribution in [3.8, 4) is 0 Å². The molecular formula is C8H20NP. The van der Waals surface area contributed by atoms with Crippen LogP contribution < -0.4 is 5.09 Å². The Kier molecular flexibility index (Phi) is 5.29. The molecule has 0 aliphatic heterocycles. The minimum Gasteiger partial charge on any atom is -0.296 e. The predicted molar refractivity (Wildman–Crippen MR) is 50.9 cm³/mol. The van der Waals surface area contributed by atoms with Crippen molar-refractivity contribution in [1.29, 1.82) is 0 Å². The minimum atomic E-state index is 0.0712. The molecule has 0 bridgehead atoms. The largest absolute Gasteiger partial charge is 0.296 e. The smallest absolute Gasteiger partial charge is 0.00383 e. The Morgan fingerprint density at radius 2 is 1.50 bits per heavy atom. The van der Waals surface area contributed by atoms with E-state index in [1.165, 1.54) is 0 Å². The van der Waals surface area contributed by atoms with Crippen LogP contribution >= 0.6 is 8.07 Å². The van der Waals surface area contributed by atoms with Gasteiger partial charge in [-0.15, -0.1) is 0 Å². The summed E-state index contributed by atoms with van der Waals surface area (Å²) >= 11 is 0. The monoisotopic (exact) mass is 161 g/mol. The number of nitrogens with one attached hydrogen (secondary N) is 1. The summed E-state index contributed by atoms with van der Waals surface area (Å²) < 4.78 is 0. The third kappa shape index (κ3) is 3.53. The van der Waals surface area contributed by atoms with Gasteiger partial charge < -0.3 is 0 Å². The topological polar surface area (TPSA) is 12.0 Å². The molecule has 0 aromatic heterocycles. The van der Waals surface area contributed by atoms with Crippen molar-refractivity contribution in [2.24, 2.45) is 0 Å². The molecule has 0 heterocycles. The SMILES string of the molecule is CCNP(C(C)C)C(C)C. The predicted octanol–water partition coefficient (Wildman–Crippen LogP) is 2.81. The zero-order valence-corrected chi connectivity index (χ0v) is 8.70. The highest BCUT2D eigenvalue weighted by Crippen LogP contribution is 2.41. The summed E-state index contributed by atoms with van der Waals surface area (Å²) in [5.74, 6) is 0. The first-order valence-electron chi connectivity index (χ1n) is 4.11. The summed E-state index contributed by atoms with van der Waals surface area (Å²) in [6, 6.07) is 0. The molecule has 0 atom stereocenters. The van der Waals surface area contributed by atoms with E-state index in [0.29, 0.717) is 0 Å². The van der Waals surface area contributed by atoms with Crippen molar-refractivity contribution in [3.63, 3.8) is 0 Å². The van der Waals surface area contributed by atoms with Crippen LogP contribution in [0.25, 0.3) is 0 Å². The van der Waals surface area contributed by atoms with E-state index >= 15 is 0 Å². The van der Waals surface area contributed by atoms with Crippen molar-refractivity contribution in [1.82, 2.24) is 5.09 Å². The van der Waals surface area contributed by atoms with Crippen molar-refractivity contribution in [3.05, 3.63) is 0 Å². The van der Waals surface area contributed by atoms with Gasteiger partial charge in [0.05, 0.1) is 0 Å². The minimum absolute atomic E-state index is 0.0712. The summed E-state index contributed by atoms with van der Waals surface area (Å²) in [6.07, 6.45) is 0. The highest BCUT2D eigenvalue weighted by molar-refractivity contribution is 7.56. The standard InChI is InChI=1S/C8H20NP/c1-6-9-10(7(2)3)8(4)5/h7-9H,6H2,1-5H3. The number of rotatable bonds is 4. The molecule has 0 spiro atoms. The molecule has 0 amide bonds. The molecule has 0 saturated carbocycles. The lowest BCUT2D eigenvalue weighted by Gasteiger charge is -2.25. The lowest BCUT2D eigenvalue weighted by molar-refractivity contribution is 0.920. The maximum atomic E-state index is 3.55. The lowest BCUT2D eigenvalue weighted by atomic mass is 10.5. The number of hydrogen-bond donors (Lipinski definition) is 1. The fourth-order valence-electron chi connectivity index (χ4n) is 1.14. The molecule has 62 valence electrons. The lowest BCUT2D eigenvalue weighted by Crippen LogP contribution is -2.17. The van der Waals surface area contributed by atoms with Gasteiger partial charge >= 0.3 is 0 Å². The highest BCUT2D eigenvalue weighted by Gasteiger charge is 2.14. The summed E-state index contributed by atoms with van der Waals surface area (Å²) in [4.78, 5) is 0. The highest BCUT2D eigenvalue weighted by atomic mass is 31.1. The van der Waals surface area contributed by atoms with Gasteiger partial charge in [-0.05, 0) is 25.9 Å². The molecule has 0 aromatic carbocycles. The van der Waals surface area contributed by atoms with Gasteiger partial charge in [0.15, 0.2) is 0 Å². The molecule has 0 saturated heterocycles. The Balaban J connectivity index is 3.73. The number of hydrogen-bond acceptors (Lipinski definition) is 1. The van der Waals surface area contributed by atoms with Crippen LogP contribution in [0.3, 0.4) is 0 Å². The second kappa shape index (κ2) is 5.09. The van der Waals surface area contributed by atoms with E-state index in [2.05, 4.69) is 39.7 Å². The van der Waals surface area contributed by atoms with Gasteiger partial charge in [0.25, 0.3) is 0 Å². The molecule has 1 nitrogen and oxygen atoms in total. The zero-order chi connectivity index (χ0) is 8.15. The first-order chi connectivity index (χ1) is 4.59.